The van der Waals surface area contributed by atoms with Crippen molar-refractivity contribution in [3.05, 3.63) is 24.3 Å². The summed E-state index contributed by atoms with van der Waals surface area (Å²) in [5.74, 6) is 0.156. The fraction of sp³-hybridized carbons (Fsp3) is 0. The van der Waals surface area contributed by atoms with E-state index in [0.29, 0.717) is 10.9 Å². The van der Waals surface area contributed by atoms with E-state index in [0.717, 1.165) is 0 Å². The van der Waals surface area contributed by atoms with Crippen LogP contribution in [0.5, 0.6) is 0 Å². The third-order valence-corrected chi connectivity index (χ3v) is 1.60. The topological polar surface area (TPSA) is 75.4 Å². The fourth-order valence-electron chi connectivity index (χ4n) is 1.08. The fourth-order valence-corrected chi connectivity index (χ4v) is 1.08. The van der Waals surface area contributed by atoms with Crippen molar-refractivity contribution in [2.45, 2.75) is 0 Å². The number of nitrogens with zero attached hydrogens (tertiary/aromatic N) is 1. The van der Waals surface area contributed by atoms with Crippen molar-refractivity contribution in [2.75, 3.05) is 5.32 Å². The van der Waals surface area contributed by atoms with Gasteiger partial charge in [-0.1, -0.05) is 17.3 Å². The number of hydrogen-bond donors (Lipinski definition) is 2. The smallest absolute Gasteiger partial charge is 0.411 e. The van der Waals surface area contributed by atoms with Gasteiger partial charge in [-0.2, -0.15) is 0 Å². The molecule has 0 saturated heterocycles. The minimum Gasteiger partial charge on any atom is -0.465 e. The van der Waals surface area contributed by atoms with Crippen molar-refractivity contribution < 1.29 is 14.4 Å². The second kappa shape index (κ2) is 2.78. The molecule has 1 aromatic carbocycles. The first-order valence-electron chi connectivity index (χ1n) is 3.62. The van der Waals surface area contributed by atoms with Gasteiger partial charge in [0.2, 0.25) is 5.88 Å². The molecule has 2 N–H and O–H groups in total. The van der Waals surface area contributed by atoms with Crippen LogP contribution in [0.25, 0.3) is 10.9 Å². The van der Waals surface area contributed by atoms with E-state index in [1.165, 1.54) is 0 Å². The lowest BCUT2D eigenvalue weighted by Crippen LogP contribution is -2.06. The number of aromatic nitrogens is 1. The summed E-state index contributed by atoms with van der Waals surface area (Å²) in [6.07, 6.45) is -1.16. The van der Waals surface area contributed by atoms with Gasteiger partial charge in [0.15, 0.2) is 0 Å². The number of rotatable bonds is 1. The lowest BCUT2D eigenvalue weighted by Gasteiger charge is -1.92. The van der Waals surface area contributed by atoms with Gasteiger partial charge >= 0.3 is 6.09 Å². The summed E-state index contributed by atoms with van der Waals surface area (Å²) in [5.41, 5.74) is 0.631. The van der Waals surface area contributed by atoms with Crippen molar-refractivity contribution in [2.24, 2.45) is 0 Å². The van der Waals surface area contributed by atoms with Crippen LogP contribution in [0.3, 0.4) is 0 Å². The highest BCUT2D eigenvalue weighted by molar-refractivity contribution is 5.95. The van der Waals surface area contributed by atoms with Crippen molar-refractivity contribution in [1.29, 1.82) is 0 Å². The molecule has 66 valence electrons. The summed E-state index contributed by atoms with van der Waals surface area (Å²) in [6.45, 7) is 0. The van der Waals surface area contributed by atoms with Crippen molar-refractivity contribution in [1.82, 2.24) is 5.16 Å². The van der Waals surface area contributed by atoms with E-state index in [2.05, 4.69) is 10.5 Å². The molecule has 1 amide bonds. The normalized spacial score (nSPS) is 10.2. The third kappa shape index (κ3) is 1.31. The highest BCUT2D eigenvalue weighted by atomic mass is 16.5. The molecule has 5 nitrogen and oxygen atoms in total. The summed E-state index contributed by atoms with van der Waals surface area (Å²) in [7, 11) is 0. The molecule has 0 aliphatic heterocycles. The maximum atomic E-state index is 10.3. The monoisotopic (exact) mass is 178 g/mol. The first-order chi connectivity index (χ1) is 6.27. The van der Waals surface area contributed by atoms with Crippen LogP contribution >= 0.6 is 0 Å². The van der Waals surface area contributed by atoms with Crippen LogP contribution in [-0.2, 0) is 0 Å². The van der Waals surface area contributed by atoms with E-state index in [4.69, 9.17) is 9.63 Å². The summed E-state index contributed by atoms with van der Waals surface area (Å²) >= 11 is 0. The largest absolute Gasteiger partial charge is 0.465 e. The molecule has 1 aromatic heterocycles. The lowest BCUT2D eigenvalue weighted by atomic mass is 10.2. The van der Waals surface area contributed by atoms with Crippen molar-refractivity contribution in [3.63, 3.8) is 0 Å². The maximum absolute atomic E-state index is 10.3. The zero-order chi connectivity index (χ0) is 9.26. The summed E-state index contributed by atoms with van der Waals surface area (Å²) < 4.78 is 4.78. The highest BCUT2D eigenvalue weighted by Gasteiger charge is 2.08. The Morgan fingerprint density at radius 2 is 2.23 bits per heavy atom. The molecule has 0 radical (unpaired) electrons. The van der Waals surface area contributed by atoms with Gasteiger partial charge in [-0.05, 0) is 12.1 Å². The predicted molar refractivity (Wildman–Crippen MR) is 45.7 cm³/mol. The summed E-state index contributed by atoms with van der Waals surface area (Å²) in [5, 5.41) is 14.9. The zero-order valence-corrected chi connectivity index (χ0v) is 6.52. The minimum absolute atomic E-state index is 0.156. The van der Waals surface area contributed by atoms with Crippen LogP contribution in [0.4, 0.5) is 10.7 Å². The van der Waals surface area contributed by atoms with E-state index >= 15 is 0 Å². The Balaban J connectivity index is 2.51. The summed E-state index contributed by atoms with van der Waals surface area (Å²) in [6, 6.07) is 7.06. The molecule has 0 fully saturated rings. The van der Waals surface area contributed by atoms with Gasteiger partial charge in [0, 0.05) is 0 Å². The quantitative estimate of drug-likeness (QED) is 0.699. The van der Waals surface area contributed by atoms with E-state index in [-0.39, 0.29) is 5.88 Å². The number of amides is 1. The van der Waals surface area contributed by atoms with E-state index < -0.39 is 6.09 Å². The first-order valence-corrected chi connectivity index (χ1v) is 3.62. The van der Waals surface area contributed by atoms with E-state index in [1.807, 2.05) is 0 Å². The van der Waals surface area contributed by atoms with Crippen molar-refractivity contribution >= 4 is 22.9 Å². The molecule has 0 aliphatic rings. The number of carbonyl (C=O) groups is 1. The molecule has 5 heteroatoms. The standard InChI is InChI=1S/C8H6N2O3/c11-8(12)9-7-5-3-1-2-4-6(5)10-13-7/h1-4,9H,(H,11,12). The first kappa shape index (κ1) is 7.60. The van der Waals surface area contributed by atoms with Gasteiger partial charge in [-0.15, -0.1) is 0 Å². The molecule has 2 rings (SSSR count). The van der Waals surface area contributed by atoms with Crippen LogP contribution < -0.4 is 5.32 Å². The van der Waals surface area contributed by atoms with Gasteiger partial charge in [-0.25, -0.2) is 4.79 Å². The number of anilines is 1. The molecule has 0 bridgehead atoms. The second-order valence-corrected chi connectivity index (χ2v) is 2.46. The number of carboxylic acid groups (broad SMARTS) is 1. The zero-order valence-electron chi connectivity index (χ0n) is 6.52. The van der Waals surface area contributed by atoms with Crippen molar-refractivity contribution in [3.8, 4) is 0 Å². The van der Waals surface area contributed by atoms with Gasteiger partial charge in [0.05, 0.1) is 5.39 Å². The highest BCUT2D eigenvalue weighted by Crippen LogP contribution is 2.21. The minimum atomic E-state index is -1.16. The Bertz CT molecular complexity index is 449. The average Bonchev–Trinajstić information content (AvgIpc) is 2.48. The Morgan fingerprint density at radius 1 is 1.46 bits per heavy atom. The number of fused-ring (bicyclic) bond motifs is 1. The van der Waals surface area contributed by atoms with Crippen LogP contribution in [0, 0.1) is 0 Å². The Kier molecular flexibility index (Phi) is 1.63. The van der Waals surface area contributed by atoms with Gasteiger partial charge < -0.3 is 9.63 Å². The van der Waals surface area contributed by atoms with Gasteiger partial charge in [0.1, 0.15) is 5.52 Å². The van der Waals surface area contributed by atoms with Crippen LogP contribution in [0.1, 0.15) is 0 Å². The molecule has 0 unspecified atom stereocenters. The molecule has 1 heterocycles. The number of nitrogens with one attached hydrogen (secondary N) is 1. The van der Waals surface area contributed by atoms with Gasteiger partial charge in [-0.3, -0.25) is 5.32 Å². The van der Waals surface area contributed by atoms with Crippen LogP contribution in [0.2, 0.25) is 0 Å². The van der Waals surface area contributed by atoms with E-state index in [1.54, 1.807) is 24.3 Å². The molecular formula is C8H6N2O3. The third-order valence-electron chi connectivity index (χ3n) is 1.60. The molecule has 13 heavy (non-hydrogen) atoms. The molecule has 0 spiro atoms. The van der Waals surface area contributed by atoms with Crippen LogP contribution in [0.15, 0.2) is 28.8 Å². The number of hydrogen-bond acceptors (Lipinski definition) is 3. The average molecular weight is 178 g/mol. The number of benzene rings is 1. The Labute approximate surface area is 72.9 Å². The predicted octanol–water partition coefficient (Wildman–Crippen LogP) is 1.92. The second-order valence-electron chi connectivity index (χ2n) is 2.46. The molecule has 2 aromatic rings. The maximum Gasteiger partial charge on any atom is 0.411 e. The summed E-state index contributed by atoms with van der Waals surface area (Å²) in [4.78, 5) is 10.3. The lowest BCUT2D eigenvalue weighted by molar-refractivity contribution is 0.209. The molecule has 0 aliphatic carbocycles. The molecular weight excluding hydrogens is 172 g/mol. The van der Waals surface area contributed by atoms with Gasteiger partial charge in [0.25, 0.3) is 0 Å². The SMILES string of the molecule is O=C(O)Nc1onc2ccccc12. The Hall–Kier alpha value is -2.04. The van der Waals surface area contributed by atoms with Crippen LogP contribution in [-0.4, -0.2) is 16.4 Å². The Morgan fingerprint density at radius 3 is 3.00 bits per heavy atom. The molecule has 0 atom stereocenters. The molecule has 0 saturated carbocycles. The van der Waals surface area contributed by atoms with E-state index in [9.17, 15) is 4.79 Å².